The molecular weight excluding hydrogens is 302 g/mol. The largest absolute Gasteiger partial charge is 0.368 e. The van der Waals surface area contributed by atoms with Crippen molar-refractivity contribution in [3.63, 3.8) is 0 Å². The number of rotatable bonds is 4. The summed E-state index contributed by atoms with van der Waals surface area (Å²) in [5, 5.41) is 0. The van der Waals surface area contributed by atoms with Crippen LogP contribution in [0.4, 0.5) is 0 Å². The number of amides is 1. The molecule has 0 aliphatic heterocycles. The second-order valence-corrected chi connectivity index (χ2v) is 5.83. The van der Waals surface area contributed by atoms with Gasteiger partial charge in [0, 0.05) is 5.92 Å². The van der Waals surface area contributed by atoms with Gasteiger partial charge in [-0.05, 0) is 11.1 Å². The van der Waals surface area contributed by atoms with Gasteiger partial charge in [-0.1, -0.05) is 83.5 Å². The lowest BCUT2D eigenvalue weighted by atomic mass is 9.82. The van der Waals surface area contributed by atoms with Crippen molar-refractivity contribution in [2.45, 2.75) is 17.2 Å². The van der Waals surface area contributed by atoms with Crippen molar-refractivity contribution < 1.29 is 4.79 Å². The van der Waals surface area contributed by atoms with Gasteiger partial charge in [-0.15, -0.1) is 0 Å². The highest BCUT2D eigenvalue weighted by Crippen LogP contribution is 2.44. The fraction of sp³-hybridized carbons (Fsp3) is 0.188. The van der Waals surface area contributed by atoms with Crippen LogP contribution in [-0.4, -0.2) is 5.91 Å². The van der Waals surface area contributed by atoms with Crippen LogP contribution in [0.2, 0.25) is 0 Å². The van der Waals surface area contributed by atoms with Crippen LogP contribution >= 0.6 is 15.9 Å². The molecule has 2 atom stereocenters. The Morgan fingerprint density at radius 1 is 1.05 bits per heavy atom. The Balaban J connectivity index is 2.49. The molecule has 0 spiro atoms. The fourth-order valence-electron chi connectivity index (χ4n) is 2.26. The van der Waals surface area contributed by atoms with E-state index in [9.17, 15) is 4.79 Å². The van der Waals surface area contributed by atoms with Crippen LogP contribution in [0.15, 0.2) is 60.7 Å². The highest BCUT2D eigenvalue weighted by molar-refractivity contribution is 9.10. The topological polar surface area (TPSA) is 43.1 Å². The van der Waals surface area contributed by atoms with E-state index in [1.807, 2.05) is 67.6 Å². The van der Waals surface area contributed by atoms with Crippen LogP contribution in [0.5, 0.6) is 0 Å². The van der Waals surface area contributed by atoms with E-state index in [0.717, 1.165) is 11.1 Å². The van der Waals surface area contributed by atoms with Gasteiger partial charge in [-0.2, -0.15) is 0 Å². The average molecular weight is 318 g/mol. The second-order valence-electron chi connectivity index (χ2n) is 4.57. The van der Waals surface area contributed by atoms with Crippen molar-refractivity contribution in [1.82, 2.24) is 0 Å². The molecular formula is C16H16BrNO. The molecule has 0 aliphatic carbocycles. The monoisotopic (exact) mass is 317 g/mol. The Hall–Kier alpha value is -1.61. The third-order valence-corrected chi connectivity index (χ3v) is 4.98. The van der Waals surface area contributed by atoms with Crippen molar-refractivity contribution in [2.24, 2.45) is 5.73 Å². The smallest absolute Gasteiger partial charge is 0.239 e. The van der Waals surface area contributed by atoms with Crippen LogP contribution in [-0.2, 0) is 9.12 Å². The minimum atomic E-state index is -0.893. The average Bonchev–Trinajstić information content (AvgIpc) is 2.47. The van der Waals surface area contributed by atoms with Crippen LogP contribution in [0, 0.1) is 0 Å². The van der Waals surface area contributed by atoms with E-state index in [1.165, 1.54) is 0 Å². The quantitative estimate of drug-likeness (QED) is 0.861. The summed E-state index contributed by atoms with van der Waals surface area (Å²) in [7, 11) is 0. The maximum absolute atomic E-state index is 12.0. The molecule has 0 saturated heterocycles. The van der Waals surface area contributed by atoms with Crippen molar-refractivity contribution >= 4 is 21.8 Å². The van der Waals surface area contributed by atoms with Crippen LogP contribution in [0.3, 0.4) is 0 Å². The van der Waals surface area contributed by atoms with Gasteiger partial charge >= 0.3 is 0 Å². The first-order chi connectivity index (χ1) is 9.06. The van der Waals surface area contributed by atoms with Gasteiger partial charge in [0.05, 0.1) is 0 Å². The first kappa shape index (κ1) is 13.8. The Morgan fingerprint density at radius 2 is 1.53 bits per heavy atom. The van der Waals surface area contributed by atoms with Crippen LogP contribution in [0.25, 0.3) is 0 Å². The van der Waals surface area contributed by atoms with E-state index < -0.39 is 4.32 Å². The molecule has 2 nitrogen and oxygen atoms in total. The molecule has 0 aliphatic rings. The standard InChI is InChI=1S/C16H16BrNO/c1-12(13-8-4-2-5-9-13)16(17,15(18)19)14-10-6-3-7-11-14/h2-12H,1H3,(H2,18,19). The van der Waals surface area contributed by atoms with Crippen LogP contribution < -0.4 is 5.73 Å². The van der Waals surface area contributed by atoms with Gasteiger partial charge in [0.25, 0.3) is 0 Å². The van der Waals surface area contributed by atoms with Crippen molar-refractivity contribution in [3.05, 3.63) is 71.8 Å². The number of alkyl halides is 1. The summed E-state index contributed by atoms with van der Waals surface area (Å²) in [5.74, 6) is -0.441. The van der Waals surface area contributed by atoms with Gasteiger partial charge < -0.3 is 5.73 Å². The minimum absolute atomic E-state index is 0.0615. The molecule has 2 rings (SSSR count). The Morgan fingerprint density at radius 3 is 2.00 bits per heavy atom. The molecule has 1 amide bonds. The maximum Gasteiger partial charge on any atom is 0.239 e. The number of benzene rings is 2. The third kappa shape index (κ3) is 2.56. The van der Waals surface area contributed by atoms with Crippen molar-refractivity contribution in [1.29, 1.82) is 0 Å². The Kier molecular flexibility index (Phi) is 4.05. The van der Waals surface area contributed by atoms with Gasteiger partial charge in [0.1, 0.15) is 4.32 Å². The number of primary amides is 1. The molecule has 2 N–H and O–H groups in total. The number of hydrogen-bond acceptors (Lipinski definition) is 1. The summed E-state index contributed by atoms with van der Waals surface area (Å²) in [6.07, 6.45) is 0. The molecule has 0 bridgehead atoms. The number of carbonyl (C=O) groups excluding carboxylic acids is 1. The number of halogens is 1. The summed E-state index contributed by atoms with van der Waals surface area (Å²) in [5.41, 5.74) is 7.60. The predicted octanol–water partition coefficient (Wildman–Crippen LogP) is 3.57. The van der Waals surface area contributed by atoms with Crippen LogP contribution in [0.1, 0.15) is 24.0 Å². The van der Waals surface area contributed by atoms with Crippen molar-refractivity contribution in [2.75, 3.05) is 0 Å². The van der Waals surface area contributed by atoms with E-state index in [1.54, 1.807) is 0 Å². The first-order valence-corrected chi connectivity index (χ1v) is 6.95. The molecule has 19 heavy (non-hydrogen) atoms. The lowest BCUT2D eigenvalue weighted by molar-refractivity contribution is -0.120. The SMILES string of the molecule is CC(c1ccccc1)C(Br)(C(N)=O)c1ccccc1. The summed E-state index contributed by atoms with van der Waals surface area (Å²) >= 11 is 3.59. The highest BCUT2D eigenvalue weighted by atomic mass is 79.9. The predicted molar refractivity (Wildman–Crippen MR) is 81.1 cm³/mol. The molecule has 2 unspecified atom stereocenters. The van der Waals surface area contributed by atoms with E-state index >= 15 is 0 Å². The van der Waals surface area contributed by atoms with Gasteiger partial charge in [0.15, 0.2) is 0 Å². The summed E-state index contributed by atoms with van der Waals surface area (Å²) in [4.78, 5) is 12.0. The molecule has 0 heterocycles. The molecule has 3 heteroatoms. The molecule has 98 valence electrons. The van der Waals surface area contributed by atoms with Gasteiger partial charge in [-0.3, -0.25) is 4.79 Å². The Bertz CT molecular complexity index is 555. The number of hydrogen-bond donors (Lipinski definition) is 1. The minimum Gasteiger partial charge on any atom is -0.368 e. The zero-order valence-electron chi connectivity index (χ0n) is 10.7. The number of carbonyl (C=O) groups is 1. The van der Waals surface area contributed by atoms with Gasteiger partial charge in [0.2, 0.25) is 5.91 Å². The molecule has 0 aromatic heterocycles. The van der Waals surface area contributed by atoms with E-state index in [-0.39, 0.29) is 11.8 Å². The first-order valence-electron chi connectivity index (χ1n) is 6.16. The zero-order chi connectivity index (χ0) is 13.9. The van der Waals surface area contributed by atoms with E-state index in [2.05, 4.69) is 15.9 Å². The Labute approximate surface area is 121 Å². The zero-order valence-corrected chi connectivity index (χ0v) is 12.3. The summed E-state index contributed by atoms with van der Waals surface area (Å²) < 4.78 is -0.893. The lowest BCUT2D eigenvalue weighted by Gasteiger charge is -2.31. The molecule has 0 fully saturated rings. The van der Waals surface area contributed by atoms with Crippen molar-refractivity contribution in [3.8, 4) is 0 Å². The third-order valence-electron chi connectivity index (χ3n) is 3.45. The maximum atomic E-state index is 12.0. The summed E-state index contributed by atoms with van der Waals surface area (Å²) in [6, 6.07) is 19.5. The van der Waals surface area contributed by atoms with Gasteiger partial charge in [-0.25, -0.2) is 0 Å². The highest BCUT2D eigenvalue weighted by Gasteiger charge is 2.41. The van der Waals surface area contributed by atoms with E-state index in [0.29, 0.717) is 0 Å². The van der Waals surface area contributed by atoms with E-state index in [4.69, 9.17) is 5.73 Å². The summed E-state index contributed by atoms with van der Waals surface area (Å²) in [6.45, 7) is 2.00. The lowest BCUT2D eigenvalue weighted by Crippen LogP contribution is -2.40. The normalized spacial score (nSPS) is 15.5. The number of nitrogens with two attached hydrogens (primary N) is 1. The molecule has 0 radical (unpaired) electrons. The fourth-order valence-corrected chi connectivity index (χ4v) is 2.79. The molecule has 2 aromatic rings. The molecule has 2 aromatic carbocycles. The molecule has 0 saturated carbocycles. The second kappa shape index (κ2) is 5.57.